The predicted molar refractivity (Wildman–Crippen MR) is 73.8 cm³/mol. The summed E-state index contributed by atoms with van der Waals surface area (Å²) < 4.78 is 5.65. The van der Waals surface area contributed by atoms with Crippen molar-refractivity contribution < 1.29 is 9.52 Å². The molecule has 1 N–H and O–H groups in total. The summed E-state index contributed by atoms with van der Waals surface area (Å²) in [7, 11) is 0. The molecule has 0 aliphatic heterocycles. The lowest BCUT2D eigenvalue weighted by Gasteiger charge is -2.05. The maximum absolute atomic E-state index is 10.1. The Bertz CT molecular complexity index is 592. The lowest BCUT2D eigenvalue weighted by atomic mass is 10.1. The van der Waals surface area contributed by atoms with Gasteiger partial charge in [-0.15, -0.1) is 0 Å². The summed E-state index contributed by atoms with van der Waals surface area (Å²) in [5.41, 5.74) is 2.11. The number of furan rings is 1. The van der Waals surface area contributed by atoms with Crippen LogP contribution in [0, 0.1) is 0 Å². The van der Waals surface area contributed by atoms with Gasteiger partial charge in [-0.3, -0.25) is 0 Å². The van der Waals surface area contributed by atoms with Gasteiger partial charge in [-0.1, -0.05) is 18.2 Å². The molecule has 0 radical (unpaired) electrons. The van der Waals surface area contributed by atoms with E-state index in [-0.39, 0.29) is 0 Å². The average Bonchev–Trinajstić information content (AvgIpc) is 3.04. The number of fused-ring (bicyclic) bond motifs is 1. The molecule has 1 aromatic carbocycles. The van der Waals surface area contributed by atoms with E-state index in [1.165, 1.54) is 5.56 Å². The predicted octanol–water partition coefficient (Wildman–Crippen LogP) is 4.16. The summed E-state index contributed by atoms with van der Waals surface area (Å²) in [5, 5.41) is 15.3. The Labute approximate surface area is 109 Å². The Morgan fingerprint density at radius 3 is 2.89 bits per heavy atom. The van der Waals surface area contributed by atoms with Crippen molar-refractivity contribution in [1.82, 2.24) is 0 Å². The number of aliphatic hydroxyl groups excluding tert-OH is 1. The van der Waals surface area contributed by atoms with Gasteiger partial charge in [0, 0.05) is 5.39 Å². The summed E-state index contributed by atoms with van der Waals surface area (Å²) in [6.45, 7) is 0. The largest absolute Gasteiger partial charge is 0.458 e. The number of hydrogen-bond acceptors (Lipinski definition) is 3. The fourth-order valence-corrected chi connectivity index (χ4v) is 2.75. The van der Waals surface area contributed by atoms with Crippen molar-refractivity contribution in [3.63, 3.8) is 0 Å². The Morgan fingerprint density at radius 2 is 2.11 bits per heavy atom. The molecular formula is C15H14O2S. The van der Waals surface area contributed by atoms with Gasteiger partial charge in [0.1, 0.15) is 17.4 Å². The van der Waals surface area contributed by atoms with Crippen LogP contribution in [-0.4, -0.2) is 5.11 Å². The molecule has 0 aliphatic carbocycles. The summed E-state index contributed by atoms with van der Waals surface area (Å²) in [5.74, 6) is 0.659. The van der Waals surface area contributed by atoms with Gasteiger partial charge in [0.05, 0.1) is 0 Å². The first-order valence-corrected chi connectivity index (χ1v) is 6.95. The second-order valence-electron chi connectivity index (χ2n) is 4.37. The van der Waals surface area contributed by atoms with E-state index >= 15 is 0 Å². The standard InChI is InChI=1S/C15H14O2S/c16-13(6-5-11-7-8-18-10-11)15-9-12-3-1-2-4-14(12)17-15/h1-4,7-10,13,16H,5-6H2. The van der Waals surface area contributed by atoms with E-state index in [1.807, 2.05) is 30.3 Å². The number of hydrogen-bond donors (Lipinski definition) is 1. The van der Waals surface area contributed by atoms with Crippen LogP contribution in [-0.2, 0) is 6.42 Å². The molecule has 0 aliphatic rings. The Hall–Kier alpha value is -1.58. The highest BCUT2D eigenvalue weighted by atomic mass is 32.1. The zero-order valence-electron chi connectivity index (χ0n) is 9.87. The first-order valence-electron chi connectivity index (χ1n) is 6.00. The third-order valence-electron chi connectivity index (χ3n) is 3.06. The second-order valence-corrected chi connectivity index (χ2v) is 5.15. The summed E-state index contributed by atoms with van der Waals surface area (Å²) in [4.78, 5) is 0. The molecule has 2 nitrogen and oxygen atoms in total. The van der Waals surface area contributed by atoms with Crippen LogP contribution in [0.15, 0.2) is 51.6 Å². The van der Waals surface area contributed by atoms with Crippen LogP contribution in [0.2, 0.25) is 0 Å². The minimum Gasteiger partial charge on any atom is -0.458 e. The minimum absolute atomic E-state index is 0.530. The van der Waals surface area contributed by atoms with Gasteiger partial charge in [-0.2, -0.15) is 11.3 Å². The van der Waals surface area contributed by atoms with Crippen molar-refractivity contribution in [2.45, 2.75) is 18.9 Å². The van der Waals surface area contributed by atoms with E-state index in [9.17, 15) is 5.11 Å². The molecule has 92 valence electrons. The van der Waals surface area contributed by atoms with Gasteiger partial charge in [0.2, 0.25) is 0 Å². The van der Waals surface area contributed by atoms with Crippen LogP contribution in [0.25, 0.3) is 11.0 Å². The maximum atomic E-state index is 10.1. The van der Waals surface area contributed by atoms with Crippen molar-refractivity contribution in [3.05, 3.63) is 58.5 Å². The number of para-hydroxylation sites is 1. The summed E-state index contributed by atoms with van der Waals surface area (Å²) in [6.07, 6.45) is 1.04. The number of aryl methyl sites for hydroxylation is 1. The third kappa shape index (κ3) is 2.33. The first kappa shape index (κ1) is 11.5. The molecule has 0 bridgehead atoms. The molecule has 0 fully saturated rings. The van der Waals surface area contributed by atoms with Crippen molar-refractivity contribution in [2.75, 3.05) is 0 Å². The number of thiophene rings is 1. The summed E-state index contributed by atoms with van der Waals surface area (Å²) >= 11 is 1.69. The molecule has 2 aromatic heterocycles. The van der Waals surface area contributed by atoms with E-state index in [1.54, 1.807) is 11.3 Å². The Balaban J connectivity index is 1.73. The molecule has 3 aromatic rings. The van der Waals surface area contributed by atoms with E-state index in [0.717, 1.165) is 17.4 Å². The van der Waals surface area contributed by atoms with Crippen LogP contribution in [0.3, 0.4) is 0 Å². The third-order valence-corrected chi connectivity index (χ3v) is 3.79. The van der Waals surface area contributed by atoms with E-state index < -0.39 is 6.10 Å². The molecule has 1 unspecified atom stereocenters. The van der Waals surface area contributed by atoms with Gasteiger partial charge in [-0.05, 0) is 47.4 Å². The lowest BCUT2D eigenvalue weighted by molar-refractivity contribution is 0.143. The molecule has 0 amide bonds. The smallest absolute Gasteiger partial charge is 0.134 e. The highest BCUT2D eigenvalue weighted by Crippen LogP contribution is 2.26. The van der Waals surface area contributed by atoms with Crippen LogP contribution in [0.4, 0.5) is 0 Å². The second kappa shape index (κ2) is 4.96. The molecular weight excluding hydrogens is 244 g/mol. The quantitative estimate of drug-likeness (QED) is 0.762. The number of aliphatic hydroxyl groups is 1. The van der Waals surface area contributed by atoms with Crippen LogP contribution in [0.1, 0.15) is 23.8 Å². The molecule has 0 spiro atoms. The Kier molecular flexibility index (Phi) is 3.17. The molecule has 3 heteroatoms. The SMILES string of the molecule is OC(CCc1ccsc1)c1cc2ccccc2o1. The fraction of sp³-hybridized carbons (Fsp3) is 0.200. The van der Waals surface area contributed by atoms with Gasteiger partial charge in [0.15, 0.2) is 0 Å². The van der Waals surface area contributed by atoms with Crippen molar-refractivity contribution in [1.29, 1.82) is 0 Å². The molecule has 2 heterocycles. The zero-order valence-corrected chi connectivity index (χ0v) is 10.7. The average molecular weight is 258 g/mol. The zero-order chi connectivity index (χ0) is 12.4. The minimum atomic E-state index is -0.530. The normalized spacial score (nSPS) is 12.9. The van der Waals surface area contributed by atoms with Gasteiger partial charge >= 0.3 is 0 Å². The highest BCUT2D eigenvalue weighted by molar-refractivity contribution is 7.07. The van der Waals surface area contributed by atoms with Crippen molar-refractivity contribution in [2.24, 2.45) is 0 Å². The summed E-state index contributed by atoms with van der Waals surface area (Å²) in [6, 6.07) is 11.8. The van der Waals surface area contributed by atoms with E-state index in [0.29, 0.717) is 12.2 Å². The van der Waals surface area contributed by atoms with Crippen molar-refractivity contribution >= 4 is 22.3 Å². The monoisotopic (exact) mass is 258 g/mol. The maximum Gasteiger partial charge on any atom is 0.134 e. The van der Waals surface area contributed by atoms with Crippen LogP contribution in [0.5, 0.6) is 0 Å². The van der Waals surface area contributed by atoms with Crippen LogP contribution >= 0.6 is 11.3 Å². The Morgan fingerprint density at radius 1 is 1.22 bits per heavy atom. The van der Waals surface area contributed by atoms with Gasteiger partial charge < -0.3 is 9.52 Å². The molecule has 3 rings (SSSR count). The van der Waals surface area contributed by atoms with Crippen molar-refractivity contribution in [3.8, 4) is 0 Å². The topological polar surface area (TPSA) is 33.4 Å². The molecule has 0 saturated heterocycles. The van der Waals surface area contributed by atoms with Crippen LogP contribution < -0.4 is 0 Å². The number of benzene rings is 1. The van der Waals surface area contributed by atoms with Gasteiger partial charge in [-0.25, -0.2) is 0 Å². The van der Waals surface area contributed by atoms with E-state index in [4.69, 9.17) is 4.42 Å². The molecule has 1 atom stereocenters. The highest BCUT2D eigenvalue weighted by Gasteiger charge is 2.13. The van der Waals surface area contributed by atoms with E-state index in [2.05, 4.69) is 16.8 Å². The first-order chi connectivity index (χ1) is 8.83. The molecule has 18 heavy (non-hydrogen) atoms. The van der Waals surface area contributed by atoms with Gasteiger partial charge in [0.25, 0.3) is 0 Å². The molecule has 0 saturated carbocycles. The lowest BCUT2D eigenvalue weighted by Crippen LogP contribution is -1.97. The fourth-order valence-electron chi connectivity index (χ4n) is 2.05. The number of rotatable bonds is 4.